The number of rotatable bonds is 4. The van der Waals surface area contributed by atoms with E-state index < -0.39 is 18.4 Å². The largest absolute Gasteiger partial charge is 0.390 e. The minimum absolute atomic E-state index is 0.0868. The maximum absolute atomic E-state index is 13.5. The molecule has 1 rings (SSSR count). The van der Waals surface area contributed by atoms with Gasteiger partial charge in [0, 0.05) is 20.1 Å². The molecule has 0 aliphatic rings. The predicted molar refractivity (Wildman–Crippen MR) is 58.2 cm³/mol. The van der Waals surface area contributed by atoms with Gasteiger partial charge in [-0.3, -0.25) is 0 Å². The monoisotopic (exact) mass is 250 g/mol. The molecule has 0 aliphatic carbocycles. The zero-order valence-electron chi connectivity index (χ0n) is 9.39. The highest BCUT2D eigenvalue weighted by molar-refractivity contribution is 5.54. The predicted octanol–water partition coefficient (Wildman–Crippen LogP) is 2.67. The molecule has 0 atom stereocenters. The first-order valence-corrected chi connectivity index (χ1v) is 5.10. The van der Waals surface area contributed by atoms with Gasteiger partial charge in [-0.2, -0.15) is 13.2 Å². The summed E-state index contributed by atoms with van der Waals surface area (Å²) < 4.78 is 49.7. The maximum Gasteiger partial charge on any atom is 0.390 e. The van der Waals surface area contributed by atoms with Crippen LogP contribution in [0, 0.1) is 5.82 Å². The van der Waals surface area contributed by atoms with Gasteiger partial charge >= 0.3 is 6.18 Å². The van der Waals surface area contributed by atoms with Crippen LogP contribution in [0.15, 0.2) is 18.2 Å². The Hall–Kier alpha value is -1.30. The zero-order valence-corrected chi connectivity index (χ0v) is 9.39. The van der Waals surface area contributed by atoms with Crippen molar-refractivity contribution in [1.82, 2.24) is 0 Å². The lowest BCUT2D eigenvalue weighted by molar-refractivity contribution is -0.132. The first-order valence-electron chi connectivity index (χ1n) is 5.10. The summed E-state index contributed by atoms with van der Waals surface area (Å²) in [6, 6.07) is 4.29. The van der Waals surface area contributed by atoms with Crippen LogP contribution in [0.3, 0.4) is 0 Å². The number of para-hydroxylation sites is 1. The van der Waals surface area contributed by atoms with E-state index in [9.17, 15) is 17.6 Å². The van der Waals surface area contributed by atoms with E-state index in [0.717, 1.165) is 0 Å². The highest BCUT2D eigenvalue weighted by atomic mass is 19.4. The summed E-state index contributed by atoms with van der Waals surface area (Å²) in [7, 11) is 1.42. The molecule has 0 spiro atoms. The normalized spacial score (nSPS) is 11.6. The molecule has 0 unspecified atom stereocenters. The van der Waals surface area contributed by atoms with Gasteiger partial charge in [-0.15, -0.1) is 0 Å². The number of anilines is 1. The second-order valence-electron chi connectivity index (χ2n) is 3.74. The van der Waals surface area contributed by atoms with Crippen molar-refractivity contribution >= 4 is 5.69 Å². The molecular formula is C11H14F4N2. The van der Waals surface area contributed by atoms with E-state index in [1.54, 1.807) is 6.07 Å². The standard InChI is InChI=1S/C11H14F4N2/c1-17(6-5-11(13,14)15)10-8(7-16)3-2-4-9(10)12/h2-4H,5-7,16H2,1H3. The summed E-state index contributed by atoms with van der Waals surface area (Å²) in [4.78, 5) is 1.24. The molecular weight excluding hydrogens is 236 g/mol. The van der Waals surface area contributed by atoms with E-state index in [1.807, 2.05) is 0 Å². The van der Waals surface area contributed by atoms with E-state index in [-0.39, 0.29) is 18.8 Å². The summed E-state index contributed by atoms with van der Waals surface area (Å²) in [6.07, 6.45) is -5.23. The molecule has 1 aromatic carbocycles. The Morgan fingerprint density at radius 1 is 1.29 bits per heavy atom. The molecule has 96 valence electrons. The quantitative estimate of drug-likeness (QED) is 0.832. The van der Waals surface area contributed by atoms with Crippen molar-refractivity contribution in [2.45, 2.75) is 19.1 Å². The Labute approximate surface area is 97.0 Å². The molecule has 0 saturated carbocycles. The molecule has 0 heterocycles. The number of hydrogen-bond acceptors (Lipinski definition) is 2. The van der Waals surface area contributed by atoms with Crippen molar-refractivity contribution in [3.63, 3.8) is 0 Å². The van der Waals surface area contributed by atoms with Gasteiger partial charge in [0.15, 0.2) is 0 Å². The Morgan fingerprint density at radius 3 is 2.47 bits per heavy atom. The second-order valence-corrected chi connectivity index (χ2v) is 3.74. The Kier molecular flexibility index (Phi) is 4.34. The lowest BCUT2D eigenvalue weighted by Crippen LogP contribution is -2.26. The van der Waals surface area contributed by atoms with Crippen molar-refractivity contribution in [2.75, 3.05) is 18.5 Å². The number of alkyl halides is 3. The molecule has 0 bridgehead atoms. The molecule has 0 aromatic heterocycles. The molecule has 0 amide bonds. The number of benzene rings is 1. The smallest absolute Gasteiger partial charge is 0.372 e. The lowest BCUT2D eigenvalue weighted by Gasteiger charge is -2.23. The van der Waals surface area contributed by atoms with Crippen LogP contribution in [-0.2, 0) is 6.54 Å². The van der Waals surface area contributed by atoms with Gasteiger partial charge in [0.2, 0.25) is 0 Å². The summed E-state index contributed by atoms with van der Waals surface area (Å²) in [6.45, 7) is -0.207. The molecule has 1 aromatic rings. The van der Waals surface area contributed by atoms with Gasteiger partial charge in [0.25, 0.3) is 0 Å². The first-order chi connectivity index (χ1) is 7.85. The second kappa shape index (κ2) is 5.35. The van der Waals surface area contributed by atoms with E-state index in [0.29, 0.717) is 5.56 Å². The van der Waals surface area contributed by atoms with Crippen LogP contribution in [-0.4, -0.2) is 19.8 Å². The van der Waals surface area contributed by atoms with Crippen molar-refractivity contribution in [3.05, 3.63) is 29.6 Å². The van der Waals surface area contributed by atoms with Crippen molar-refractivity contribution in [3.8, 4) is 0 Å². The maximum atomic E-state index is 13.5. The highest BCUT2D eigenvalue weighted by Crippen LogP contribution is 2.26. The van der Waals surface area contributed by atoms with E-state index in [2.05, 4.69) is 0 Å². The van der Waals surface area contributed by atoms with Crippen LogP contribution in [0.4, 0.5) is 23.2 Å². The van der Waals surface area contributed by atoms with Gasteiger partial charge in [-0.1, -0.05) is 12.1 Å². The third kappa shape index (κ3) is 3.89. The van der Waals surface area contributed by atoms with E-state index in [4.69, 9.17) is 5.73 Å². The molecule has 2 nitrogen and oxygen atoms in total. The summed E-state index contributed by atoms with van der Waals surface area (Å²) in [5.74, 6) is -0.558. The van der Waals surface area contributed by atoms with Crippen LogP contribution in [0.25, 0.3) is 0 Å². The van der Waals surface area contributed by atoms with Crippen LogP contribution >= 0.6 is 0 Å². The average Bonchev–Trinajstić information content (AvgIpc) is 2.24. The number of nitrogens with two attached hydrogens (primary N) is 1. The first kappa shape index (κ1) is 13.8. The van der Waals surface area contributed by atoms with Crippen molar-refractivity contribution in [2.24, 2.45) is 5.73 Å². The molecule has 0 saturated heterocycles. The topological polar surface area (TPSA) is 29.3 Å². The summed E-state index contributed by atoms with van der Waals surface area (Å²) in [5, 5.41) is 0. The summed E-state index contributed by atoms with van der Waals surface area (Å²) >= 11 is 0. The minimum Gasteiger partial charge on any atom is -0.372 e. The zero-order chi connectivity index (χ0) is 13.1. The molecule has 0 radical (unpaired) electrons. The SMILES string of the molecule is CN(CCC(F)(F)F)c1c(F)cccc1CN. The molecule has 0 aliphatic heterocycles. The minimum atomic E-state index is -4.25. The third-order valence-electron chi connectivity index (χ3n) is 2.40. The van der Waals surface area contributed by atoms with Gasteiger partial charge in [-0.05, 0) is 11.6 Å². The lowest BCUT2D eigenvalue weighted by atomic mass is 10.1. The number of nitrogens with zero attached hydrogens (tertiary/aromatic N) is 1. The van der Waals surface area contributed by atoms with Crippen LogP contribution in [0.5, 0.6) is 0 Å². The van der Waals surface area contributed by atoms with Crippen molar-refractivity contribution in [1.29, 1.82) is 0 Å². The highest BCUT2D eigenvalue weighted by Gasteiger charge is 2.27. The molecule has 17 heavy (non-hydrogen) atoms. The van der Waals surface area contributed by atoms with Gasteiger partial charge in [-0.25, -0.2) is 4.39 Å². The van der Waals surface area contributed by atoms with Gasteiger partial charge in [0.05, 0.1) is 12.1 Å². The fourth-order valence-corrected chi connectivity index (χ4v) is 1.56. The van der Waals surface area contributed by atoms with Crippen LogP contribution in [0.2, 0.25) is 0 Å². The Balaban J connectivity index is 2.84. The molecule has 6 heteroatoms. The summed E-state index contributed by atoms with van der Waals surface area (Å²) in [5.41, 5.74) is 6.06. The molecule has 2 N–H and O–H groups in total. The van der Waals surface area contributed by atoms with Gasteiger partial charge < -0.3 is 10.6 Å². The fourth-order valence-electron chi connectivity index (χ4n) is 1.56. The van der Waals surface area contributed by atoms with Gasteiger partial charge in [0.1, 0.15) is 5.82 Å². The van der Waals surface area contributed by atoms with Crippen molar-refractivity contribution < 1.29 is 17.6 Å². The van der Waals surface area contributed by atoms with Crippen LogP contribution in [0.1, 0.15) is 12.0 Å². The Morgan fingerprint density at radius 2 is 1.94 bits per heavy atom. The number of halogens is 4. The number of hydrogen-bond donors (Lipinski definition) is 1. The third-order valence-corrected chi connectivity index (χ3v) is 2.40. The average molecular weight is 250 g/mol. The van der Waals surface area contributed by atoms with Crippen LogP contribution < -0.4 is 10.6 Å². The van der Waals surface area contributed by atoms with E-state index in [1.165, 1.54) is 24.1 Å². The molecule has 0 fully saturated rings. The fraction of sp³-hybridized carbons (Fsp3) is 0.455. The Bertz CT molecular complexity index is 376. The van der Waals surface area contributed by atoms with E-state index >= 15 is 0 Å².